The number of nitrogens with one attached hydrogen (secondary N) is 1. The molecule has 1 amide bonds. The Labute approximate surface area is 173 Å². The highest BCUT2D eigenvalue weighted by molar-refractivity contribution is 9.10. The lowest BCUT2D eigenvalue weighted by Crippen LogP contribution is -2.10. The van der Waals surface area contributed by atoms with Crippen LogP contribution in [-0.4, -0.2) is 22.4 Å². The third-order valence-electron chi connectivity index (χ3n) is 4.12. The first-order valence-electron chi connectivity index (χ1n) is 8.51. The van der Waals surface area contributed by atoms with Crippen LogP contribution in [0.2, 0.25) is 0 Å². The molecule has 0 aliphatic carbocycles. The fourth-order valence-corrected chi connectivity index (χ4v) is 4.22. The number of nitrogens with two attached hydrogens (primary N) is 1. The van der Waals surface area contributed by atoms with Crippen LogP contribution in [0.1, 0.15) is 27.7 Å². The van der Waals surface area contributed by atoms with E-state index in [4.69, 9.17) is 5.73 Å². The molecule has 0 fully saturated rings. The van der Waals surface area contributed by atoms with E-state index in [-0.39, 0.29) is 12.0 Å². The first-order valence-corrected chi connectivity index (χ1v) is 10.1. The van der Waals surface area contributed by atoms with Crippen molar-refractivity contribution < 1.29 is 13.6 Å². The average Bonchev–Trinajstić information content (AvgIpc) is 3.09. The highest BCUT2D eigenvalue weighted by atomic mass is 79.9. The third kappa shape index (κ3) is 4.53. The summed E-state index contributed by atoms with van der Waals surface area (Å²) in [7, 11) is 0. The van der Waals surface area contributed by atoms with Gasteiger partial charge in [0.2, 0.25) is 0 Å². The minimum Gasteiger partial charge on any atom is -0.370 e. The Balaban J connectivity index is 1.73. The summed E-state index contributed by atoms with van der Waals surface area (Å²) in [5.41, 5.74) is 6.96. The first kappa shape index (κ1) is 20.3. The molecule has 5 nitrogen and oxygen atoms in total. The van der Waals surface area contributed by atoms with Crippen LogP contribution in [-0.2, 0) is 12.8 Å². The summed E-state index contributed by atoms with van der Waals surface area (Å²) in [6.45, 7) is 2.24. The lowest BCUT2D eigenvalue weighted by molar-refractivity contribution is 0.100. The third-order valence-corrected chi connectivity index (χ3v) is 5.79. The molecule has 0 atom stereocenters. The van der Waals surface area contributed by atoms with Gasteiger partial charge in [0.05, 0.1) is 15.4 Å². The highest BCUT2D eigenvalue weighted by Crippen LogP contribution is 2.31. The van der Waals surface area contributed by atoms with Gasteiger partial charge in [0, 0.05) is 22.6 Å². The van der Waals surface area contributed by atoms with Crippen LogP contribution in [0, 0.1) is 11.6 Å². The molecule has 0 aliphatic rings. The van der Waals surface area contributed by atoms with Crippen LogP contribution in [0.4, 0.5) is 14.6 Å². The smallest absolute Gasteiger partial charge is 0.259 e. The van der Waals surface area contributed by atoms with Gasteiger partial charge in [-0.25, -0.2) is 18.7 Å². The zero-order chi connectivity index (χ0) is 20.3. The Morgan fingerprint density at radius 1 is 1.21 bits per heavy atom. The van der Waals surface area contributed by atoms with Gasteiger partial charge in [-0.05, 0) is 36.6 Å². The molecule has 3 aromatic rings. The second-order valence-electron chi connectivity index (χ2n) is 6.00. The van der Waals surface area contributed by atoms with E-state index in [0.29, 0.717) is 33.8 Å². The van der Waals surface area contributed by atoms with Gasteiger partial charge < -0.3 is 11.1 Å². The zero-order valence-corrected chi connectivity index (χ0v) is 17.3. The van der Waals surface area contributed by atoms with E-state index in [1.54, 1.807) is 6.07 Å². The average molecular weight is 467 g/mol. The fraction of sp³-hybridized carbons (Fsp3) is 0.211. The molecule has 1 aromatic carbocycles. The van der Waals surface area contributed by atoms with Gasteiger partial charge in [-0.2, -0.15) is 0 Å². The molecule has 0 saturated carbocycles. The van der Waals surface area contributed by atoms with Gasteiger partial charge >= 0.3 is 0 Å². The fourth-order valence-electron chi connectivity index (χ4n) is 2.74. The molecule has 146 valence electrons. The number of thiophene rings is 1. The van der Waals surface area contributed by atoms with Gasteiger partial charge in [-0.15, -0.1) is 11.3 Å². The molecule has 0 saturated heterocycles. The molecule has 9 heteroatoms. The number of aromatic nitrogens is 2. The van der Waals surface area contributed by atoms with Crippen LogP contribution in [0.15, 0.2) is 35.1 Å². The molecule has 3 N–H and O–H groups in total. The predicted octanol–water partition coefficient (Wildman–Crippen LogP) is 4.56. The summed E-state index contributed by atoms with van der Waals surface area (Å²) in [6, 6.07) is 6.09. The number of carbonyl (C=O) groups is 1. The van der Waals surface area contributed by atoms with E-state index >= 15 is 0 Å². The van der Waals surface area contributed by atoms with Crippen LogP contribution in [0.5, 0.6) is 0 Å². The molecular weight excluding hydrogens is 450 g/mol. The summed E-state index contributed by atoms with van der Waals surface area (Å²) < 4.78 is 28.2. The summed E-state index contributed by atoms with van der Waals surface area (Å²) in [4.78, 5) is 21.3. The standard InChI is InChI=1S/C19H17BrF2N4OS/c1-2-10-5-16(28-18(10)19(23)27)15-8-17(26-9-25-15)24-4-3-12-13(21)6-11(20)7-14(12)22/h5-9H,2-4H2,1H3,(H2,23,27)(H,24,25,26). The van der Waals surface area contributed by atoms with Gasteiger partial charge in [0.25, 0.3) is 5.91 Å². The second-order valence-corrected chi connectivity index (χ2v) is 7.96. The van der Waals surface area contributed by atoms with Crippen molar-refractivity contribution in [2.75, 3.05) is 11.9 Å². The number of nitrogens with zero attached hydrogens (tertiary/aromatic N) is 2. The van der Waals surface area contributed by atoms with Crippen LogP contribution >= 0.6 is 27.3 Å². The van der Waals surface area contributed by atoms with E-state index in [1.807, 2.05) is 13.0 Å². The Kier molecular flexibility index (Phi) is 6.35. The zero-order valence-electron chi connectivity index (χ0n) is 14.9. The molecule has 2 heterocycles. The number of halogens is 3. The molecule has 28 heavy (non-hydrogen) atoms. The van der Waals surface area contributed by atoms with E-state index < -0.39 is 17.5 Å². The van der Waals surface area contributed by atoms with E-state index in [0.717, 1.165) is 10.4 Å². The van der Waals surface area contributed by atoms with Crippen molar-refractivity contribution in [3.63, 3.8) is 0 Å². The topological polar surface area (TPSA) is 80.9 Å². The monoisotopic (exact) mass is 466 g/mol. The van der Waals surface area contributed by atoms with Crippen molar-refractivity contribution >= 4 is 39.0 Å². The number of hydrogen-bond acceptors (Lipinski definition) is 5. The van der Waals surface area contributed by atoms with Crippen LogP contribution < -0.4 is 11.1 Å². The van der Waals surface area contributed by atoms with Gasteiger partial charge in [-0.1, -0.05) is 22.9 Å². The number of primary amides is 1. The maximum absolute atomic E-state index is 13.9. The quantitative estimate of drug-likeness (QED) is 0.534. The normalized spacial score (nSPS) is 10.9. The van der Waals surface area contributed by atoms with E-state index in [1.165, 1.54) is 29.8 Å². The van der Waals surface area contributed by atoms with Crippen molar-refractivity contribution in [1.82, 2.24) is 9.97 Å². The summed E-state index contributed by atoms with van der Waals surface area (Å²) in [6.07, 6.45) is 2.25. The highest BCUT2D eigenvalue weighted by Gasteiger charge is 2.15. The van der Waals surface area contributed by atoms with E-state index in [9.17, 15) is 13.6 Å². The number of hydrogen-bond donors (Lipinski definition) is 2. The minimum absolute atomic E-state index is 0.0157. The lowest BCUT2D eigenvalue weighted by atomic mass is 10.1. The van der Waals surface area contributed by atoms with E-state index in [2.05, 4.69) is 31.2 Å². The Bertz CT molecular complexity index is 1000. The van der Waals surface area contributed by atoms with Crippen LogP contribution in [0.25, 0.3) is 10.6 Å². The number of carbonyl (C=O) groups excluding carboxylic acids is 1. The second kappa shape index (κ2) is 8.74. The lowest BCUT2D eigenvalue weighted by Gasteiger charge is -2.08. The van der Waals surface area contributed by atoms with Crippen molar-refractivity contribution in [1.29, 1.82) is 0 Å². The Morgan fingerprint density at radius 3 is 2.54 bits per heavy atom. The summed E-state index contributed by atoms with van der Waals surface area (Å²) >= 11 is 4.35. The number of rotatable bonds is 7. The van der Waals surface area contributed by atoms with Crippen molar-refractivity contribution in [2.24, 2.45) is 5.73 Å². The molecule has 3 rings (SSSR count). The molecule has 0 unspecified atom stereocenters. The molecule has 0 bridgehead atoms. The predicted molar refractivity (Wildman–Crippen MR) is 109 cm³/mol. The number of aryl methyl sites for hydroxylation is 1. The van der Waals surface area contributed by atoms with Crippen molar-refractivity contribution in [2.45, 2.75) is 19.8 Å². The molecule has 0 radical (unpaired) electrons. The van der Waals surface area contributed by atoms with Gasteiger partial charge in [0.15, 0.2) is 0 Å². The summed E-state index contributed by atoms with van der Waals surface area (Å²) in [5.74, 6) is -1.13. The molecule has 2 aromatic heterocycles. The Morgan fingerprint density at radius 2 is 1.93 bits per heavy atom. The largest absolute Gasteiger partial charge is 0.370 e. The first-order chi connectivity index (χ1) is 13.4. The van der Waals surface area contributed by atoms with Crippen molar-refractivity contribution in [3.8, 4) is 10.6 Å². The number of amides is 1. The molecular formula is C19H17BrF2N4OS. The molecule has 0 aliphatic heterocycles. The number of benzene rings is 1. The summed E-state index contributed by atoms with van der Waals surface area (Å²) in [5, 5.41) is 3.05. The maximum atomic E-state index is 13.9. The SMILES string of the molecule is CCc1cc(-c2cc(NCCc3c(F)cc(Br)cc3F)ncn2)sc1C(N)=O. The number of anilines is 1. The van der Waals surface area contributed by atoms with Crippen molar-refractivity contribution in [3.05, 3.63) is 62.7 Å². The molecule has 0 spiro atoms. The van der Waals surface area contributed by atoms with Gasteiger partial charge in [0.1, 0.15) is 23.8 Å². The van der Waals surface area contributed by atoms with Crippen LogP contribution in [0.3, 0.4) is 0 Å². The Hall–Kier alpha value is -2.39. The minimum atomic E-state index is -0.596. The van der Waals surface area contributed by atoms with Gasteiger partial charge in [-0.3, -0.25) is 4.79 Å². The maximum Gasteiger partial charge on any atom is 0.259 e.